The fourth-order valence-corrected chi connectivity index (χ4v) is 3.34. The van der Waals surface area contributed by atoms with Crippen molar-refractivity contribution in [3.63, 3.8) is 0 Å². The van der Waals surface area contributed by atoms with Crippen LogP contribution in [0.5, 0.6) is 0 Å². The predicted octanol–water partition coefficient (Wildman–Crippen LogP) is 2.51. The van der Waals surface area contributed by atoms with Gasteiger partial charge in [0.15, 0.2) is 11.6 Å². The zero-order valence-electron chi connectivity index (χ0n) is 16.1. The van der Waals surface area contributed by atoms with E-state index in [1.165, 1.54) is 12.1 Å². The van der Waals surface area contributed by atoms with E-state index in [1.807, 2.05) is 0 Å². The van der Waals surface area contributed by atoms with Gasteiger partial charge < -0.3 is 10.6 Å². The Hall–Kier alpha value is -3.01. The van der Waals surface area contributed by atoms with Crippen molar-refractivity contribution in [1.82, 2.24) is 5.32 Å². The van der Waals surface area contributed by atoms with Crippen LogP contribution in [-0.4, -0.2) is 39.1 Å². The number of carbonyl (C=O) groups is 2. The summed E-state index contributed by atoms with van der Waals surface area (Å²) in [5, 5.41) is 5.19. The fraction of sp³-hybridized carbons (Fsp3) is 0.263. The molecule has 0 aliphatic heterocycles. The summed E-state index contributed by atoms with van der Waals surface area (Å²) < 4.78 is 51.5. The fourth-order valence-electron chi connectivity index (χ4n) is 2.49. The second-order valence-electron chi connectivity index (χ2n) is 6.59. The molecule has 0 saturated heterocycles. The lowest BCUT2D eigenvalue weighted by molar-refractivity contribution is -0.114. The molecule has 0 fully saturated rings. The predicted molar refractivity (Wildman–Crippen MR) is 106 cm³/mol. The van der Waals surface area contributed by atoms with Crippen LogP contribution in [0.25, 0.3) is 0 Å². The van der Waals surface area contributed by atoms with E-state index in [0.29, 0.717) is 10.4 Å². The van der Waals surface area contributed by atoms with E-state index in [-0.39, 0.29) is 23.0 Å². The number of benzene rings is 2. The summed E-state index contributed by atoms with van der Waals surface area (Å²) >= 11 is 0. The van der Waals surface area contributed by atoms with Gasteiger partial charge in [-0.2, -0.15) is 0 Å². The topological polar surface area (TPSA) is 95.6 Å². The number of hydrogen-bond donors (Lipinski definition) is 2. The lowest BCUT2D eigenvalue weighted by Gasteiger charge is -2.22. The smallest absolute Gasteiger partial charge is 0.253 e. The van der Waals surface area contributed by atoms with Gasteiger partial charge in [0.25, 0.3) is 5.91 Å². The highest BCUT2D eigenvalue weighted by Crippen LogP contribution is 2.21. The lowest BCUT2D eigenvalue weighted by Crippen LogP contribution is -2.38. The molecule has 2 aromatic carbocycles. The van der Waals surface area contributed by atoms with Crippen LogP contribution in [0, 0.1) is 11.6 Å². The molecular weight excluding hydrogens is 404 g/mol. The van der Waals surface area contributed by atoms with Gasteiger partial charge >= 0.3 is 0 Å². The van der Waals surface area contributed by atoms with Gasteiger partial charge in [0.1, 0.15) is 6.54 Å². The summed E-state index contributed by atoms with van der Waals surface area (Å²) in [6.07, 6.45) is 0.839. The number of nitrogens with one attached hydrogen (secondary N) is 2. The molecule has 0 aliphatic carbocycles. The molecule has 0 bridgehead atoms. The second kappa shape index (κ2) is 8.99. The third kappa shape index (κ3) is 5.98. The molecule has 2 rings (SSSR count). The van der Waals surface area contributed by atoms with Crippen molar-refractivity contribution in [2.24, 2.45) is 0 Å². The van der Waals surface area contributed by atoms with Gasteiger partial charge in [0, 0.05) is 12.1 Å². The second-order valence-corrected chi connectivity index (χ2v) is 8.50. The molecule has 2 amide bonds. The first-order valence-electron chi connectivity index (χ1n) is 8.61. The number of nitrogens with zero attached hydrogens (tertiary/aromatic N) is 1. The lowest BCUT2D eigenvalue weighted by atomic mass is 10.1. The van der Waals surface area contributed by atoms with Crippen LogP contribution < -0.4 is 14.9 Å². The van der Waals surface area contributed by atoms with Crippen LogP contribution in [0.3, 0.4) is 0 Å². The van der Waals surface area contributed by atoms with Gasteiger partial charge in [-0.05, 0) is 38.1 Å². The Balaban J connectivity index is 2.26. The Morgan fingerprint density at radius 3 is 2.31 bits per heavy atom. The number of anilines is 2. The maximum absolute atomic E-state index is 13.5. The highest BCUT2D eigenvalue weighted by Gasteiger charge is 2.23. The molecule has 0 aliphatic rings. The third-order valence-electron chi connectivity index (χ3n) is 3.74. The number of para-hydroxylation sites is 1. The highest BCUT2D eigenvalue weighted by atomic mass is 32.2. The van der Waals surface area contributed by atoms with Crippen molar-refractivity contribution in [2.75, 3.05) is 22.4 Å². The Morgan fingerprint density at radius 1 is 1.07 bits per heavy atom. The first-order valence-corrected chi connectivity index (χ1v) is 10.5. The number of halogens is 2. The van der Waals surface area contributed by atoms with E-state index < -0.39 is 40.0 Å². The molecule has 0 spiro atoms. The molecule has 10 heteroatoms. The quantitative estimate of drug-likeness (QED) is 0.713. The van der Waals surface area contributed by atoms with E-state index in [4.69, 9.17) is 0 Å². The number of hydrogen-bond acceptors (Lipinski definition) is 4. The van der Waals surface area contributed by atoms with E-state index in [9.17, 15) is 26.8 Å². The third-order valence-corrected chi connectivity index (χ3v) is 4.88. The van der Waals surface area contributed by atoms with Gasteiger partial charge in [-0.25, -0.2) is 17.2 Å². The molecule has 2 aromatic rings. The first-order chi connectivity index (χ1) is 13.5. The average Bonchev–Trinajstić information content (AvgIpc) is 2.61. The van der Waals surface area contributed by atoms with Gasteiger partial charge in [0.2, 0.25) is 15.9 Å². The minimum atomic E-state index is -3.97. The first kappa shape index (κ1) is 22.3. The van der Waals surface area contributed by atoms with Crippen LogP contribution in [0.1, 0.15) is 24.2 Å². The monoisotopic (exact) mass is 425 g/mol. The largest absolute Gasteiger partial charge is 0.350 e. The summed E-state index contributed by atoms with van der Waals surface area (Å²) in [5.41, 5.74) is 0.190. The van der Waals surface area contributed by atoms with E-state index >= 15 is 0 Å². The van der Waals surface area contributed by atoms with Crippen molar-refractivity contribution in [3.8, 4) is 0 Å². The standard InChI is InChI=1S/C19H21F2N3O4S/c1-12(2)22-19(26)14-6-4-5-7-17(14)23-18(25)11-24(29(3,27)28)13-8-9-15(20)16(21)10-13/h4-10,12H,11H2,1-3H3,(H,22,26)(H,23,25). The zero-order valence-corrected chi connectivity index (χ0v) is 16.9. The van der Waals surface area contributed by atoms with Crippen molar-refractivity contribution in [1.29, 1.82) is 0 Å². The Kier molecular flexibility index (Phi) is 6.91. The van der Waals surface area contributed by atoms with Gasteiger partial charge in [-0.1, -0.05) is 12.1 Å². The summed E-state index contributed by atoms with van der Waals surface area (Å²) in [5.74, 6) is -3.55. The SMILES string of the molecule is CC(C)NC(=O)c1ccccc1NC(=O)CN(c1ccc(F)c(F)c1)S(C)(=O)=O. The number of sulfonamides is 1. The highest BCUT2D eigenvalue weighted by molar-refractivity contribution is 7.92. The van der Waals surface area contributed by atoms with Gasteiger partial charge in [-0.3, -0.25) is 13.9 Å². The molecule has 0 unspecified atom stereocenters. The van der Waals surface area contributed by atoms with Crippen molar-refractivity contribution < 1.29 is 26.8 Å². The molecule has 29 heavy (non-hydrogen) atoms. The van der Waals surface area contributed by atoms with E-state index in [2.05, 4.69) is 10.6 Å². The van der Waals surface area contributed by atoms with Crippen LogP contribution in [0.2, 0.25) is 0 Å². The molecule has 2 N–H and O–H groups in total. The van der Waals surface area contributed by atoms with Gasteiger partial charge in [0.05, 0.1) is 23.2 Å². The number of amides is 2. The average molecular weight is 425 g/mol. The maximum Gasteiger partial charge on any atom is 0.253 e. The van der Waals surface area contributed by atoms with Gasteiger partial charge in [-0.15, -0.1) is 0 Å². The molecule has 0 atom stereocenters. The van der Waals surface area contributed by atoms with Crippen molar-refractivity contribution in [3.05, 3.63) is 59.7 Å². The van der Waals surface area contributed by atoms with Crippen molar-refractivity contribution in [2.45, 2.75) is 19.9 Å². The Morgan fingerprint density at radius 2 is 1.72 bits per heavy atom. The van der Waals surface area contributed by atoms with E-state index in [1.54, 1.807) is 26.0 Å². The zero-order chi connectivity index (χ0) is 21.8. The molecule has 0 saturated carbocycles. The van der Waals surface area contributed by atoms with Crippen LogP contribution >= 0.6 is 0 Å². The molecular formula is C19H21F2N3O4S. The summed E-state index contributed by atoms with van der Waals surface area (Å²) in [6.45, 7) is 2.87. The summed E-state index contributed by atoms with van der Waals surface area (Å²) in [6, 6.07) is 8.62. The van der Waals surface area contributed by atoms with Crippen LogP contribution in [-0.2, 0) is 14.8 Å². The normalized spacial score (nSPS) is 11.2. The van der Waals surface area contributed by atoms with Crippen molar-refractivity contribution >= 4 is 33.2 Å². The van der Waals surface area contributed by atoms with Crippen LogP contribution in [0.15, 0.2) is 42.5 Å². The van der Waals surface area contributed by atoms with Crippen LogP contribution in [0.4, 0.5) is 20.2 Å². The Bertz CT molecular complexity index is 1030. The maximum atomic E-state index is 13.5. The molecule has 156 valence electrons. The van der Waals surface area contributed by atoms with E-state index in [0.717, 1.165) is 18.4 Å². The molecule has 0 heterocycles. The molecule has 0 aromatic heterocycles. The molecule has 0 radical (unpaired) electrons. The Labute approximate surface area is 167 Å². The molecule has 7 nitrogen and oxygen atoms in total. The minimum absolute atomic E-state index is 0.125. The number of rotatable bonds is 7. The number of carbonyl (C=O) groups excluding carboxylic acids is 2. The summed E-state index contributed by atoms with van der Waals surface area (Å²) in [4.78, 5) is 24.8. The summed E-state index contributed by atoms with van der Waals surface area (Å²) in [7, 11) is -3.97. The minimum Gasteiger partial charge on any atom is -0.350 e.